The minimum Gasteiger partial charge on any atom is -0.390 e. The predicted molar refractivity (Wildman–Crippen MR) is 132 cm³/mol. The van der Waals surface area contributed by atoms with Gasteiger partial charge in [-0.05, 0) is 37.0 Å². The lowest BCUT2D eigenvalue weighted by Gasteiger charge is -2.44. The third-order valence-electron chi connectivity index (χ3n) is 7.74. The monoisotopic (exact) mass is 424 g/mol. The highest BCUT2D eigenvalue weighted by molar-refractivity contribution is 4.92. The lowest BCUT2D eigenvalue weighted by Crippen LogP contribution is -2.46. The van der Waals surface area contributed by atoms with Crippen LogP contribution in [0.25, 0.3) is 0 Å². The fourth-order valence-corrected chi connectivity index (χ4v) is 5.83. The molecule has 1 saturated carbocycles. The summed E-state index contributed by atoms with van der Waals surface area (Å²) < 4.78 is 0. The van der Waals surface area contributed by atoms with E-state index in [0.717, 1.165) is 12.8 Å². The minimum absolute atomic E-state index is 0.326. The molecule has 0 aromatic rings. The van der Waals surface area contributed by atoms with Crippen LogP contribution >= 0.6 is 0 Å². The molecule has 180 valence electrons. The van der Waals surface area contributed by atoms with E-state index in [2.05, 4.69) is 20.8 Å². The van der Waals surface area contributed by atoms with Gasteiger partial charge in [0.2, 0.25) is 0 Å². The van der Waals surface area contributed by atoms with E-state index in [0.29, 0.717) is 17.8 Å². The molecule has 0 bridgehead atoms. The van der Waals surface area contributed by atoms with Crippen molar-refractivity contribution >= 4 is 0 Å². The van der Waals surface area contributed by atoms with Crippen molar-refractivity contribution in [3.63, 3.8) is 0 Å². The lowest BCUT2D eigenvalue weighted by atomic mass is 9.64. The van der Waals surface area contributed by atoms with Gasteiger partial charge in [0, 0.05) is 0 Å². The molecule has 0 aromatic heterocycles. The largest absolute Gasteiger partial charge is 0.390 e. The molecular formula is C28H56O2. The van der Waals surface area contributed by atoms with Gasteiger partial charge in [-0.1, -0.05) is 130 Å². The molecular weight excluding hydrogens is 368 g/mol. The van der Waals surface area contributed by atoms with Crippen LogP contribution < -0.4 is 0 Å². The standard InChI is InChI=1S/C28H56O2/c1-4-7-10-13-15-17-20-24-23-27(29)28(30)26(22-19-16-14-11-8-5-2)25(24)21-18-12-9-6-3/h24-30H,4-23H2,1-3H3. The van der Waals surface area contributed by atoms with Crippen LogP contribution in [0.2, 0.25) is 0 Å². The van der Waals surface area contributed by atoms with Gasteiger partial charge in [0.1, 0.15) is 0 Å². The van der Waals surface area contributed by atoms with Gasteiger partial charge in [-0.2, -0.15) is 0 Å². The Hall–Kier alpha value is -0.0800. The van der Waals surface area contributed by atoms with Crippen molar-refractivity contribution < 1.29 is 10.2 Å². The Balaban J connectivity index is 2.58. The highest BCUT2D eigenvalue weighted by Gasteiger charge is 2.42. The van der Waals surface area contributed by atoms with Gasteiger partial charge in [-0.3, -0.25) is 0 Å². The topological polar surface area (TPSA) is 40.5 Å². The summed E-state index contributed by atoms with van der Waals surface area (Å²) in [6.07, 6.45) is 24.7. The van der Waals surface area contributed by atoms with E-state index in [1.165, 1.54) is 116 Å². The van der Waals surface area contributed by atoms with E-state index < -0.39 is 12.2 Å². The molecule has 0 aliphatic heterocycles. The molecule has 2 N–H and O–H groups in total. The average Bonchev–Trinajstić information content (AvgIpc) is 2.74. The summed E-state index contributed by atoms with van der Waals surface area (Å²) in [5.74, 6) is 1.58. The Morgan fingerprint density at radius 1 is 0.500 bits per heavy atom. The summed E-state index contributed by atoms with van der Waals surface area (Å²) in [5.41, 5.74) is 0. The minimum atomic E-state index is -0.493. The maximum absolute atomic E-state index is 10.9. The Kier molecular flexibility index (Phi) is 17.2. The molecule has 2 heteroatoms. The maximum atomic E-state index is 10.9. The summed E-state index contributed by atoms with van der Waals surface area (Å²) in [6.45, 7) is 6.83. The Morgan fingerprint density at radius 3 is 1.43 bits per heavy atom. The fraction of sp³-hybridized carbons (Fsp3) is 1.00. The second-order valence-corrected chi connectivity index (χ2v) is 10.3. The van der Waals surface area contributed by atoms with Crippen LogP contribution in [0.5, 0.6) is 0 Å². The summed E-state index contributed by atoms with van der Waals surface area (Å²) in [4.78, 5) is 0. The lowest BCUT2D eigenvalue weighted by molar-refractivity contribution is -0.0966. The van der Waals surface area contributed by atoms with E-state index in [1.54, 1.807) is 0 Å². The van der Waals surface area contributed by atoms with E-state index in [1.807, 2.05) is 0 Å². The molecule has 0 amide bonds. The molecule has 1 fully saturated rings. The smallest absolute Gasteiger partial charge is 0.0830 e. The molecule has 1 rings (SSSR count). The zero-order valence-electron chi connectivity index (χ0n) is 20.9. The van der Waals surface area contributed by atoms with Crippen LogP contribution in [0, 0.1) is 17.8 Å². The fourth-order valence-electron chi connectivity index (χ4n) is 5.83. The Bertz CT molecular complexity index is 370. The molecule has 2 nitrogen and oxygen atoms in total. The molecule has 0 spiro atoms. The Morgan fingerprint density at radius 2 is 0.900 bits per heavy atom. The number of hydrogen-bond donors (Lipinski definition) is 2. The van der Waals surface area contributed by atoms with Gasteiger partial charge in [0.05, 0.1) is 12.2 Å². The zero-order valence-corrected chi connectivity index (χ0v) is 20.9. The third kappa shape index (κ3) is 11.5. The number of hydrogen-bond acceptors (Lipinski definition) is 2. The molecule has 0 aromatic carbocycles. The van der Waals surface area contributed by atoms with E-state index in [9.17, 15) is 10.2 Å². The average molecular weight is 425 g/mol. The van der Waals surface area contributed by atoms with Crippen molar-refractivity contribution in [1.29, 1.82) is 0 Å². The Labute approximate surface area is 189 Å². The summed E-state index contributed by atoms with van der Waals surface area (Å²) >= 11 is 0. The highest BCUT2D eigenvalue weighted by Crippen LogP contribution is 2.43. The molecule has 1 aliphatic rings. The second kappa shape index (κ2) is 18.5. The van der Waals surface area contributed by atoms with E-state index in [-0.39, 0.29) is 0 Å². The number of rotatable bonds is 19. The quantitative estimate of drug-likeness (QED) is 0.204. The summed E-state index contributed by atoms with van der Waals surface area (Å²) in [7, 11) is 0. The van der Waals surface area contributed by atoms with Gasteiger partial charge >= 0.3 is 0 Å². The third-order valence-corrected chi connectivity index (χ3v) is 7.74. The van der Waals surface area contributed by atoms with Gasteiger partial charge in [-0.25, -0.2) is 0 Å². The van der Waals surface area contributed by atoms with Crippen molar-refractivity contribution in [2.45, 2.75) is 161 Å². The van der Waals surface area contributed by atoms with Gasteiger partial charge < -0.3 is 10.2 Å². The van der Waals surface area contributed by atoms with Gasteiger partial charge in [0.15, 0.2) is 0 Å². The van der Waals surface area contributed by atoms with Crippen LogP contribution in [-0.4, -0.2) is 22.4 Å². The molecule has 5 atom stereocenters. The molecule has 0 saturated heterocycles. The van der Waals surface area contributed by atoms with Crippen molar-refractivity contribution in [2.24, 2.45) is 17.8 Å². The van der Waals surface area contributed by atoms with Crippen LogP contribution in [0.4, 0.5) is 0 Å². The first-order valence-corrected chi connectivity index (χ1v) is 14.0. The summed E-state index contributed by atoms with van der Waals surface area (Å²) in [6, 6.07) is 0. The zero-order chi connectivity index (χ0) is 22.0. The predicted octanol–water partition coefficient (Wildman–Crippen LogP) is 8.43. The van der Waals surface area contributed by atoms with Gasteiger partial charge in [0.25, 0.3) is 0 Å². The normalized spacial score (nSPS) is 26.9. The van der Waals surface area contributed by atoms with Crippen molar-refractivity contribution in [3.05, 3.63) is 0 Å². The molecule has 0 radical (unpaired) electrons. The second-order valence-electron chi connectivity index (χ2n) is 10.3. The number of unbranched alkanes of at least 4 members (excludes halogenated alkanes) is 13. The number of aliphatic hydroxyl groups excluding tert-OH is 2. The van der Waals surface area contributed by atoms with Crippen LogP contribution in [-0.2, 0) is 0 Å². The highest BCUT2D eigenvalue weighted by atomic mass is 16.3. The van der Waals surface area contributed by atoms with E-state index in [4.69, 9.17) is 0 Å². The first-order valence-electron chi connectivity index (χ1n) is 14.0. The van der Waals surface area contributed by atoms with E-state index >= 15 is 0 Å². The van der Waals surface area contributed by atoms with Crippen molar-refractivity contribution in [2.75, 3.05) is 0 Å². The number of aliphatic hydroxyl groups is 2. The van der Waals surface area contributed by atoms with Crippen LogP contribution in [0.15, 0.2) is 0 Å². The van der Waals surface area contributed by atoms with Crippen LogP contribution in [0.3, 0.4) is 0 Å². The first-order chi connectivity index (χ1) is 14.7. The van der Waals surface area contributed by atoms with Crippen molar-refractivity contribution in [3.8, 4) is 0 Å². The SMILES string of the molecule is CCCCCCCCC1CC(O)C(O)C(CCCCCCCC)C1CCCCCC. The summed E-state index contributed by atoms with van der Waals surface area (Å²) in [5, 5.41) is 21.5. The maximum Gasteiger partial charge on any atom is 0.0830 e. The van der Waals surface area contributed by atoms with Crippen molar-refractivity contribution in [1.82, 2.24) is 0 Å². The molecule has 30 heavy (non-hydrogen) atoms. The first kappa shape index (κ1) is 28.0. The molecule has 1 aliphatic carbocycles. The van der Waals surface area contributed by atoms with Crippen LogP contribution in [0.1, 0.15) is 149 Å². The van der Waals surface area contributed by atoms with Gasteiger partial charge in [-0.15, -0.1) is 0 Å². The molecule has 0 heterocycles. The molecule has 5 unspecified atom stereocenters.